The van der Waals surface area contributed by atoms with E-state index in [-0.39, 0.29) is 6.61 Å². The van der Waals surface area contributed by atoms with Crippen LogP contribution in [-0.4, -0.2) is 23.2 Å². The molecule has 0 saturated carbocycles. The molecule has 1 aromatic rings. The molecule has 2 rings (SSSR count). The van der Waals surface area contributed by atoms with Crippen LogP contribution in [0.3, 0.4) is 0 Å². The van der Waals surface area contributed by atoms with Gasteiger partial charge in [0.05, 0.1) is 6.61 Å². The lowest BCUT2D eigenvalue weighted by Crippen LogP contribution is -2.34. The predicted molar refractivity (Wildman–Crippen MR) is 70.1 cm³/mol. The van der Waals surface area contributed by atoms with E-state index < -0.39 is 0 Å². The summed E-state index contributed by atoms with van der Waals surface area (Å²) in [6, 6.07) is 2.04. The highest BCUT2D eigenvalue weighted by Crippen LogP contribution is 2.26. The van der Waals surface area contributed by atoms with Crippen LogP contribution in [0.1, 0.15) is 37.3 Å². The van der Waals surface area contributed by atoms with E-state index in [9.17, 15) is 0 Å². The molecule has 3 nitrogen and oxygen atoms in total. The molecule has 0 unspecified atom stereocenters. The standard InChI is InChI=1S/C14H22N2O/c1-3-12-4-6-16(7-5-12)14-11(2)8-13(10-17)9-15-14/h8-9,12,17H,3-7,10H2,1-2H3. The largest absolute Gasteiger partial charge is 0.392 e. The Kier molecular flexibility index (Phi) is 4.00. The van der Waals surface area contributed by atoms with Gasteiger partial charge in [0.15, 0.2) is 0 Å². The molecule has 0 aromatic carbocycles. The van der Waals surface area contributed by atoms with Gasteiger partial charge < -0.3 is 10.0 Å². The van der Waals surface area contributed by atoms with Crippen molar-refractivity contribution in [1.82, 2.24) is 4.98 Å². The molecule has 1 fully saturated rings. The second-order valence-corrected chi connectivity index (χ2v) is 4.98. The average molecular weight is 234 g/mol. The lowest BCUT2D eigenvalue weighted by molar-refractivity contribution is 0.281. The van der Waals surface area contributed by atoms with Crippen LogP contribution in [0, 0.1) is 12.8 Å². The van der Waals surface area contributed by atoms with Crippen LogP contribution in [0.5, 0.6) is 0 Å². The third kappa shape index (κ3) is 2.78. The molecular formula is C14H22N2O. The minimum absolute atomic E-state index is 0.0754. The molecule has 0 amide bonds. The number of piperidine rings is 1. The SMILES string of the molecule is CCC1CCN(c2ncc(CO)cc2C)CC1. The molecular weight excluding hydrogens is 212 g/mol. The first-order chi connectivity index (χ1) is 8.24. The van der Waals surface area contributed by atoms with E-state index in [0.29, 0.717) is 0 Å². The second-order valence-electron chi connectivity index (χ2n) is 4.98. The Balaban J connectivity index is 2.08. The number of nitrogens with zero attached hydrogens (tertiary/aromatic N) is 2. The first-order valence-electron chi connectivity index (χ1n) is 6.56. The van der Waals surface area contributed by atoms with Crippen LogP contribution in [0.2, 0.25) is 0 Å². The van der Waals surface area contributed by atoms with E-state index in [4.69, 9.17) is 5.11 Å². The summed E-state index contributed by atoms with van der Waals surface area (Å²) in [6.45, 7) is 6.66. The van der Waals surface area contributed by atoms with Crippen molar-refractivity contribution in [2.75, 3.05) is 18.0 Å². The van der Waals surface area contributed by atoms with Gasteiger partial charge in [-0.25, -0.2) is 4.98 Å². The fourth-order valence-corrected chi connectivity index (χ4v) is 2.60. The zero-order valence-corrected chi connectivity index (χ0v) is 10.8. The Morgan fingerprint density at radius 1 is 1.41 bits per heavy atom. The summed E-state index contributed by atoms with van der Waals surface area (Å²) in [7, 11) is 0. The first kappa shape index (κ1) is 12.4. The lowest BCUT2D eigenvalue weighted by atomic mass is 9.94. The average Bonchev–Trinajstić information content (AvgIpc) is 2.39. The smallest absolute Gasteiger partial charge is 0.131 e. The molecule has 94 valence electrons. The highest BCUT2D eigenvalue weighted by molar-refractivity contribution is 5.47. The van der Waals surface area contributed by atoms with Crippen molar-refractivity contribution < 1.29 is 5.11 Å². The molecule has 17 heavy (non-hydrogen) atoms. The van der Waals surface area contributed by atoms with Gasteiger partial charge in [0, 0.05) is 19.3 Å². The number of aromatic nitrogens is 1. The predicted octanol–water partition coefficient (Wildman–Crippen LogP) is 2.51. The van der Waals surface area contributed by atoms with Gasteiger partial charge in [-0.15, -0.1) is 0 Å². The first-order valence-corrected chi connectivity index (χ1v) is 6.56. The maximum absolute atomic E-state index is 9.08. The highest BCUT2D eigenvalue weighted by atomic mass is 16.3. The van der Waals surface area contributed by atoms with E-state index in [1.54, 1.807) is 6.20 Å². The normalized spacial score (nSPS) is 17.5. The Morgan fingerprint density at radius 3 is 2.65 bits per heavy atom. The topological polar surface area (TPSA) is 36.4 Å². The van der Waals surface area contributed by atoms with Crippen LogP contribution in [-0.2, 0) is 6.61 Å². The van der Waals surface area contributed by atoms with Crippen molar-refractivity contribution in [3.8, 4) is 0 Å². The number of aliphatic hydroxyl groups excluding tert-OH is 1. The van der Waals surface area contributed by atoms with Crippen molar-refractivity contribution in [2.45, 2.75) is 39.7 Å². The number of hydrogen-bond acceptors (Lipinski definition) is 3. The van der Waals surface area contributed by atoms with Crippen molar-refractivity contribution in [1.29, 1.82) is 0 Å². The Labute approximate surface area is 103 Å². The van der Waals surface area contributed by atoms with Gasteiger partial charge in [-0.1, -0.05) is 13.3 Å². The van der Waals surface area contributed by atoms with Crippen molar-refractivity contribution in [3.05, 3.63) is 23.4 Å². The van der Waals surface area contributed by atoms with E-state index >= 15 is 0 Å². The third-order valence-electron chi connectivity index (χ3n) is 3.78. The number of hydrogen-bond donors (Lipinski definition) is 1. The fraction of sp³-hybridized carbons (Fsp3) is 0.643. The summed E-state index contributed by atoms with van der Waals surface area (Å²) < 4.78 is 0. The number of anilines is 1. The second kappa shape index (κ2) is 5.50. The van der Waals surface area contributed by atoms with Gasteiger partial charge in [-0.05, 0) is 42.9 Å². The molecule has 3 heteroatoms. The maximum Gasteiger partial charge on any atom is 0.131 e. The number of aliphatic hydroxyl groups is 1. The summed E-state index contributed by atoms with van der Waals surface area (Å²) in [5.41, 5.74) is 2.07. The highest BCUT2D eigenvalue weighted by Gasteiger charge is 2.19. The van der Waals surface area contributed by atoms with Gasteiger partial charge >= 0.3 is 0 Å². The molecule has 0 bridgehead atoms. The maximum atomic E-state index is 9.08. The van der Waals surface area contributed by atoms with Crippen LogP contribution in [0.15, 0.2) is 12.3 Å². The van der Waals surface area contributed by atoms with Gasteiger partial charge in [0.2, 0.25) is 0 Å². The Morgan fingerprint density at radius 2 is 2.12 bits per heavy atom. The summed E-state index contributed by atoms with van der Waals surface area (Å²) >= 11 is 0. The number of pyridine rings is 1. The van der Waals surface area contributed by atoms with E-state index in [0.717, 1.165) is 30.4 Å². The lowest BCUT2D eigenvalue weighted by Gasteiger charge is -2.33. The fourth-order valence-electron chi connectivity index (χ4n) is 2.60. The van der Waals surface area contributed by atoms with Crippen molar-refractivity contribution >= 4 is 5.82 Å². The minimum atomic E-state index is 0.0754. The molecule has 1 aliphatic rings. The summed E-state index contributed by atoms with van der Waals surface area (Å²) in [6.07, 6.45) is 5.64. The van der Waals surface area contributed by atoms with Crippen LogP contribution < -0.4 is 4.90 Å². The summed E-state index contributed by atoms with van der Waals surface area (Å²) in [5, 5.41) is 9.08. The van der Waals surface area contributed by atoms with Crippen LogP contribution in [0.25, 0.3) is 0 Å². The van der Waals surface area contributed by atoms with Crippen LogP contribution in [0.4, 0.5) is 5.82 Å². The number of rotatable bonds is 3. The van der Waals surface area contributed by atoms with Gasteiger partial charge in [-0.2, -0.15) is 0 Å². The molecule has 0 atom stereocenters. The van der Waals surface area contributed by atoms with Gasteiger partial charge in [0.25, 0.3) is 0 Å². The van der Waals surface area contributed by atoms with Crippen LogP contribution >= 0.6 is 0 Å². The monoisotopic (exact) mass is 234 g/mol. The molecule has 0 aliphatic carbocycles. The molecule has 0 spiro atoms. The Bertz CT molecular complexity index is 370. The summed E-state index contributed by atoms with van der Waals surface area (Å²) in [4.78, 5) is 6.87. The molecule has 0 radical (unpaired) electrons. The molecule has 1 aliphatic heterocycles. The van der Waals surface area contributed by atoms with Crippen molar-refractivity contribution in [3.63, 3.8) is 0 Å². The zero-order chi connectivity index (χ0) is 12.3. The molecule has 2 heterocycles. The van der Waals surface area contributed by atoms with Gasteiger partial charge in [-0.3, -0.25) is 0 Å². The molecule has 1 N–H and O–H groups in total. The van der Waals surface area contributed by atoms with E-state index in [1.165, 1.54) is 24.8 Å². The quantitative estimate of drug-likeness (QED) is 0.873. The summed E-state index contributed by atoms with van der Waals surface area (Å²) in [5.74, 6) is 1.99. The molecule has 1 aromatic heterocycles. The van der Waals surface area contributed by atoms with Crippen molar-refractivity contribution in [2.24, 2.45) is 5.92 Å². The van der Waals surface area contributed by atoms with Gasteiger partial charge in [0.1, 0.15) is 5.82 Å². The minimum Gasteiger partial charge on any atom is -0.392 e. The Hall–Kier alpha value is -1.09. The van der Waals surface area contributed by atoms with E-state index in [1.807, 2.05) is 6.07 Å². The van der Waals surface area contributed by atoms with E-state index in [2.05, 4.69) is 23.7 Å². The zero-order valence-electron chi connectivity index (χ0n) is 10.8. The third-order valence-corrected chi connectivity index (χ3v) is 3.78. The number of aryl methyl sites for hydroxylation is 1. The molecule has 1 saturated heterocycles.